The van der Waals surface area contributed by atoms with E-state index in [4.69, 9.17) is 27.9 Å². The topological polar surface area (TPSA) is 38.3 Å². The van der Waals surface area contributed by atoms with Crippen LogP contribution >= 0.6 is 23.2 Å². The summed E-state index contributed by atoms with van der Waals surface area (Å²) in [6.07, 6.45) is 0.723. The number of halogens is 2. The third-order valence-electron chi connectivity index (χ3n) is 3.63. The number of nitrogens with one attached hydrogen (secondary N) is 1. The van der Waals surface area contributed by atoms with Gasteiger partial charge in [-0.3, -0.25) is 4.79 Å². The van der Waals surface area contributed by atoms with Crippen LogP contribution in [0.3, 0.4) is 0 Å². The minimum Gasteiger partial charge on any atom is -0.487 e. The van der Waals surface area contributed by atoms with Crippen molar-refractivity contribution in [2.24, 2.45) is 0 Å². The number of benzene rings is 2. The molecular weight excluding hydrogens is 321 g/mol. The maximum Gasteiger partial charge on any atom is 0.217 e. The fourth-order valence-electron chi connectivity index (χ4n) is 2.63. The van der Waals surface area contributed by atoms with E-state index in [1.54, 1.807) is 6.07 Å². The Morgan fingerprint density at radius 2 is 2.09 bits per heavy atom. The molecule has 1 amide bonds. The molecule has 1 N–H and O–H groups in total. The minimum absolute atomic E-state index is 0.0499. The number of amides is 1. The van der Waals surface area contributed by atoms with E-state index in [0.717, 1.165) is 28.9 Å². The summed E-state index contributed by atoms with van der Waals surface area (Å²) >= 11 is 12.3. The molecule has 1 heterocycles. The van der Waals surface area contributed by atoms with E-state index < -0.39 is 0 Å². The van der Waals surface area contributed by atoms with Gasteiger partial charge in [0.05, 0.1) is 11.6 Å². The normalized spacial score (nSPS) is 16.0. The molecule has 0 bridgehead atoms. The van der Waals surface area contributed by atoms with Crippen LogP contribution in [0.15, 0.2) is 36.4 Å². The molecule has 1 aliphatic heterocycles. The summed E-state index contributed by atoms with van der Waals surface area (Å²) in [6.45, 7) is 2.00. The van der Waals surface area contributed by atoms with Gasteiger partial charge in [-0.15, -0.1) is 0 Å². The minimum atomic E-state index is -0.0551. The molecule has 0 saturated carbocycles. The van der Waals surface area contributed by atoms with Crippen molar-refractivity contribution in [2.75, 3.05) is 6.54 Å². The molecule has 22 heavy (non-hydrogen) atoms. The van der Waals surface area contributed by atoms with Crippen LogP contribution in [0, 0.1) is 0 Å². The Kier molecular flexibility index (Phi) is 4.27. The van der Waals surface area contributed by atoms with E-state index >= 15 is 0 Å². The Bertz CT molecular complexity index is 731. The molecule has 3 rings (SSSR count). The second-order valence-electron chi connectivity index (χ2n) is 5.30. The first kappa shape index (κ1) is 15.2. The second-order valence-corrected chi connectivity index (χ2v) is 6.14. The lowest BCUT2D eigenvalue weighted by Crippen LogP contribution is -2.32. The van der Waals surface area contributed by atoms with Gasteiger partial charge in [0.1, 0.15) is 11.9 Å². The first-order valence-electron chi connectivity index (χ1n) is 7.03. The number of ether oxygens (including phenoxy) is 1. The highest BCUT2D eigenvalue weighted by Gasteiger charge is 2.26. The number of hydrogen-bond donors (Lipinski definition) is 1. The Hall–Kier alpha value is -1.71. The van der Waals surface area contributed by atoms with Gasteiger partial charge in [0, 0.05) is 29.5 Å². The van der Waals surface area contributed by atoms with Crippen LogP contribution in [0.25, 0.3) is 11.1 Å². The predicted octanol–water partition coefficient (Wildman–Crippen LogP) is 4.10. The number of hydrogen-bond acceptors (Lipinski definition) is 2. The molecule has 1 aliphatic rings. The SMILES string of the molecule is CC(=O)NC[C@H]1Cc2cccc(-c3ccc(Cl)cc3Cl)c2O1. The lowest BCUT2D eigenvalue weighted by Gasteiger charge is -2.13. The maximum absolute atomic E-state index is 11.0. The van der Waals surface area contributed by atoms with Crippen molar-refractivity contribution < 1.29 is 9.53 Å². The van der Waals surface area contributed by atoms with E-state index in [-0.39, 0.29) is 12.0 Å². The summed E-state index contributed by atoms with van der Waals surface area (Å²) in [6, 6.07) is 11.4. The molecule has 114 valence electrons. The summed E-state index contributed by atoms with van der Waals surface area (Å²) in [4.78, 5) is 11.0. The molecule has 0 fully saturated rings. The highest BCUT2D eigenvalue weighted by molar-refractivity contribution is 6.36. The van der Waals surface area contributed by atoms with Crippen LogP contribution in [0.5, 0.6) is 5.75 Å². The van der Waals surface area contributed by atoms with E-state index in [2.05, 4.69) is 5.32 Å². The number of carbonyl (C=O) groups is 1. The van der Waals surface area contributed by atoms with E-state index in [1.807, 2.05) is 30.3 Å². The van der Waals surface area contributed by atoms with Gasteiger partial charge in [0.15, 0.2) is 0 Å². The van der Waals surface area contributed by atoms with E-state index in [9.17, 15) is 4.79 Å². The summed E-state index contributed by atoms with van der Waals surface area (Å²) in [5.41, 5.74) is 2.96. The lowest BCUT2D eigenvalue weighted by atomic mass is 10.0. The highest BCUT2D eigenvalue weighted by atomic mass is 35.5. The van der Waals surface area contributed by atoms with Crippen LogP contribution < -0.4 is 10.1 Å². The average molecular weight is 336 g/mol. The van der Waals surface area contributed by atoms with Crippen LogP contribution in [-0.4, -0.2) is 18.6 Å². The largest absolute Gasteiger partial charge is 0.487 e. The van der Waals surface area contributed by atoms with Crippen molar-refractivity contribution in [3.05, 3.63) is 52.0 Å². The summed E-state index contributed by atoms with van der Waals surface area (Å²) in [5, 5.41) is 3.99. The summed E-state index contributed by atoms with van der Waals surface area (Å²) in [7, 11) is 0. The highest BCUT2D eigenvalue weighted by Crippen LogP contribution is 2.41. The van der Waals surface area contributed by atoms with Gasteiger partial charge in [0.25, 0.3) is 0 Å². The molecule has 0 radical (unpaired) electrons. The van der Waals surface area contributed by atoms with Gasteiger partial charge in [-0.2, -0.15) is 0 Å². The number of carbonyl (C=O) groups excluding carboxylic acids is 1. The zero-order chi connectivity index (χ0) is 15.7. The van der Waals surface area contributed by atoms with Gasteiger partial charge >= 0.3 is 0 Å². The van der Waals surface area contributed by atoms with Crippen LogP contribution in [-0.2, 0) is 11.2 Å². The Morgan fingerprint density at radius 3 is 2.82 bits per heavy atom. The zero-order valence-corrected chi connectivity index (χ0v) is 13.5. The van der Waals surface area contributed by atoms with E-state index in [1.165, 1.54) is 6.92 Å². The Labute approximate surface area is 139 Å². The second kappa shape index (κ2) is 6.19. The fraction of sp³-hybridized carbons (Fsp3) is 0.235. The summed E-state index contributed by atoms with van der Waals surface area (Å²) in [5.74, 6) is 0.780. The number of rotatable bonds is 3. The molecule has 0 unspecified atom stereocenters. The molecule has 3 nitrogen and oxygen atoms in total. The molecular formula is C17H15Cl2NO2. The Morgan fingerprint density at radius 1 is 1.27 bits per heavy atom. The van der Waals surface area contributed by atoms with Crippen LogP contribution in [0.1, 0.15) is 12.5 Å². The zero-order valence-electron chi connectivity index (χ0n) is 12.0. The molecule has 2 aromatic rings. The van der Waals surface area contributed by atoms with E-state index in [0.29, 0.717) is 16.6 Å². The van der Waals surface area contributed by atoms with Gasteiger partial charge in [-0.1, -0.05) is 47.5 Å². The average Bonchev–Trinajstić information content (AvgIpc) is 2.88. The van der Waals surface area contributed by atoms with Crippen molar-refractivity contribution in [1.82, 2.24) is 5.32 Å². The quantitative estimate of drug-likeness (QED) is 0.916. The number of para-hydroxylation sites is 1. The van der Waals surface area contributed by atoms with Gasteiger partial charge in [-0.05, 0) is 17.7 Å². The van der Waals surface area contributed by atoms with Gasteiger partial charge in [-0.25, -0.2) is 0 Å². The third kappa shape index (κ3) is 3.06. The first-order valence-corrected chi connectivity index (χ1v) is 7.78. The monoisotopic (exact) mass is 335 g/mol. The lowest BCUT2D eigenvalue weighted by molar-refractivity contribution is -0.119. The van der Waals surface area contributed by atoms with Gasteiger partial charge in [0.2, 0.25) is 5.91 Å². The molecule has 1 atom stereocenters. The van der Waals surface area contributed by atoms with Crippen molar-refractivity contribution in [3.63, 3.8) is 0 Å². The maximum atomic E-state index is 11.0. The third-order valence-corrected chi connectivity index (χ3v) is 4.18. The van der Waals surface area contributed by atoms with Crippen molar-refractivity contribution >= 4 is 29.1 Å². The first-order chi connectivity index (χ1) is 10.5. The fourth-order valence-corrected chi connectivity index (χ4v) is 3.14. The Balaban J connectivity index is 1.91. The molecule has 0 spiro atoms. The van der Waals surface area contributed by atoms with Crippen LogP contribution in [0.2, 0.25) is 10.0 Å². The van der Waals surface area contributed by atoms with Crippen molar-refractivity contribution in [2.45, 2.75) is 19.4 Å². The standard InChI is InChI=1S/C17H15Cl2NO2/c1-10(21)20-9-13-7-11-3-2-4-15(17(11)22-13)14-6-5-12(18)8-16(14)19/h2-6,8,13H,7,9H2,1H3,(H,20,21)/t13-/m1/s1. The number of fused-ring (bicyclic) bond motifs is 1. The summed E-state index contributed by atoms with van der Waals surface area (Å²) < 4.78 is 6.02. The molecule has 0 saturated heterocycles. The predicted molar refractivity (Wildman–Crippen MR) is 88.7 cm³/mol. The van der Waals surface area contributed by atoms with Crippen molar-refractivity contribution in [3.8, 4) is 16.9 Å². The molecule has 5 heteroatoms. The van der Waals surface area contributed by atoms with Gasteiger partial charge < -0.3 is 10.1 Å². The molecule has 0 aliphatic carbocycles. The van der Waals surface area contributed by atoms with Crippen molar-refractivity contribution in [1.29, 1.82) is 0 Å². The molecule has 2 aromatic carbocycles. The van der Waals surface area contributed by atoms with Crippen LogP contribution in [0.4, 0.5) is 0 Å². The molecule has 0 aromatic heterocycles. The smallest absolute Gasteiger partial charge is 0.217 e.